The van der Waals surface area contributed by atoms with E-state index in [1.807, 2.05) is 12.1 Å². The third kappa shape index (κ3) is 4.30. The molecule has 6 heteroatoms. The molecule has 4 heterocycles. The number of anilines is 1. The molecule has 0 aromatic carbocycles. The number of amides is 1. The maximum atomic E-state index is 12.7. The first-order valence-electron chi connectivity index (χ1n) is 10.7. The van der Waals surface area contributed by atoms with Gasteiger partial charge in [0.15, 0.2) is 0 Å². The smallest absolute Gasteiger partial charge is 0.225 e. The van der Waals surface area contributed by atoms with Crippen LogP contribution in [0.15, 0.2) is 18.3 Å². The van der Waals surface area contributed by atoms with Gasteiger partial charge in [0.05, 0.1) is 5.56 Å². The highest BCUT2D eigenvalue weighted by Gasteiger charge is 2.33. The lowest BCUT2D eigenvalue weighted by atomic mass is 9.78. The van der Waals surface area contributed by atoms with Crippen molar-refractivity contribution in [3.63, 3.8) is 0 Å². The van der Waals surface area contributed by atoms with Gasteiger partial charge in [-0.25, -0.2) is 4.98 Å². The molecule has 3 aliphatic rings. The Morgan fingerprint density at radius 3 is 2.21 bits per heavy atom. The Morgan fingerprint density at radius 2 is 1.64 bits per heavy atom. The van der Waals surface area contributed by atoms with Crippen LogP contribution in [0.4, 0.5) is 5.82 Å². The van der Waals surface area contributed by atoms with E-state index in [0.717, 1.165) is 82.7 Å². The summed E-state index contributed by atoms with van der Waals surface area (Å²) in [5.41, 5.74) is 0.612. The number of carbonyl (C=O) groups excluding carboxylic acids is 1. The molecular weight excluding hydrogens is 352 g/mol. The second kappa shape index (κ2) is 8.91. The van der Waals surface area contributed by atoms with E-state index in [1.165, 1.54) is 12.8 Å². The average molecular weight is 383 g/mol. The van der Waals surface area contributed by atoms with Crippen molar-refractivity contribution in [2.45, 2.75) is 38.5 Å². The molecule has 3 saturated heterocycles. The van der Waals surface area contributed by atoms with Crippen molar-refractivity contribution in [2.75, 3.05) is 44.3 Å². The molecule has 0 atom stereocenters. The Hall–Kier alpha value is -2.13. The van der Waals surface area contributed by atoms with E-state index in [2.05, 4.69) is 20.9 Å². The van der Waals surface area contributed by atoms with Gasteiger partial charge in [0.2, 0.25) is 5.91 Å². The van der Waals surface area contributed by atoms with Crippen molar-refractivity contribution in [2.24, 2.45) is 17.8 Å². The number of hydrogen-bond acceptors (Lipinski definition) is 5. The molecular formula is C22H30N4O2. The summed E-state index contributed by atoms with van der Waals surface area (Å²) in [7, 11) is 0. The van der Waals surface area contributed by atoms with E-state index in [4.69, 9.17) is 10.00 Å². The van der Waals surface area contributed by atoms with Crippen LogP contribution in [0.2, 0.25) is 0 Å². The molecule has 0 saturated carbocycles. The highest BCUT2D eigenvalue weighted by Crippen LogP contribution is 2.34. The molecule has 3 fully saturated rings. The fourth-order valence-corrected chi connectivity index (χ4v) is 5.03. The van der Waals surface area contributed by atoms with Crippen molar-refractivity contribution in [3.8, 4) is 6.07 Å². The summed E-state index contributed by atoms with van der Waals surface area (Å²) >= 11 is 0. The first-order chi connectivity index (χ1) is 13.7. The molecule has 0 aliphatic carbocycles. The molecule has 6 nitrogen and oxygen atoms in total. The fraction of sp³-hybridized carbons (Fsp3) is 0.682. The van der Waals surface area contributed by atoms with Crippen LogP contribution < -0.4 is 4.90 Å². The molecule has 0 bridgehead atoms. The Labute approximate surface area is 167 Å². The van der Waals surface area contributed by atoms with Gasteiger partial charge in [-0.2, -0.15) is 5.26 Å². The number of aromatic nitrogens is 1. The van der Waals surface area contributed by atoms with E-state index in [0.29, 0.717) is 11.5 Å². The number of nitrogens with zero attached hydrogens (tertiary/aromatic N) is 4. The van der Waals surface area contributed by atoms with Crippen molar-refractivity contribution < 1.29 is 9.53 Å². The van der Waals surface area contributed by atoms with E-state index >= 15 is 0 Å². The topological polar surface area (TPSA) is 69.5 Å². The zero-order valence-corrected chi connectivity index (χ0v) is 16.6. The monoisotopic (exact) mass is 382 g/mol. The van der Waals surface area contributed by atoms with Crippen molar-refractivity contribution >= 4 is 11.7 Å². The van der Waals surface area contributed by atoms with Crippen molar-refractivity contribution in [1.82, 2.24) is 9.88 Å². The van der Waals surface area contributed by atoms with Gasteiger partial charge in [0, 0.05) is 51.5 Å². The zero-order chi connectivity index (χ0) is 19.3. The van der Waals surface area contributed by atoms with Gasteiger partial charge in [-0.15, -0.1) is 0 Å². The van der Waals surface area contributed by atoms with Gasteiger partial charge in [-0.3, -0.25) is 4.79 Å². The predicted octanol–water partition coefficient (Wildman–Crippen LogP) is 2.83. The minimum absolute atomic E-state index is 0.188. The standard InChI is InChI=1S/C22H30N4O2/c23-15-17-1-2-21(24-16-17)25-9-3-18(4-10-25)19-5-11-26(12-6-19)22(27)20-7-13-28-14-8-20/h1-2,16,18-20H,3-14H2. The van der Waals surface area contributed by atoms with Crippen molar-refractivity contribution in [3.05, 3.63) is 23.9 Å². The van der Waals surface area contributed by atoms with E-state index in [1.54, 1.807) is 6.20 Å². The molecule has 0 N–H and O–H groups in total. The molecule has 28 heavy (non-hydrogen) atoms. The summed E-state index contributed by atoms with van der Waals surface area (Å²) in [4.78, 5) is 21.6. The van der Waals surface area contributed by atoms with Gasteiger partial charge in [-0.1, -0.05) is 0 Å². The van der Waals surface area contributed by atoms with Gasteiger partial charge < -0.3 is 14.5 Å². The Bertz CT molecular complexity index is 692. The summed E-state index contributed by atoms with van der Waals surface area (Å²) in [5.74, 6) is 3.04. The van der Waals surface area contributed by atoms with E-state index in [-0.39, 0.29) is 5.92 Å². The summed E-state index contributed by atoms with van der Waals surface area (Å²) in [5, 5.41) is 8.91. The molecule has 1 amide bonds. The second-order valence-corrected chi connectivity index (χ2v) is 8.39. The van der Waals surface area contributed by atoms with Crippen LogP contribution in [-0.4, -0.2) is 55.2 Å². The number of carbonyl (C=O) groups is 1. The van der Waals surface area contributed by atoms with Crippen LogP contribution in [-0.2, 0) is 9.53 Å². The van der Waals surface area contributed by atoms with Crippen LogP contribution in [0.5, 0.6) is 0 Å². The lowest BCUT2D eigenvalue weighted by molar-refractivity contribution is -0.140. The Morgan fingerprint density at radius 1 is 1.00 bits per heavy atom. The van der Waals surface area contributed by atoms with Crippen LogP contribution >= 0.6 is 0 Å². The first-order valence-corrected chi connectivity index (χ1v) is 10.7. The highest BCUT2D eigenvalue weighted by atomic mass is 16.5. The molecule has 0 unspecified atom stereocenters. The third-order valence-electron chi connectivity index (χ3n) is 6.83. The van der Waals surface area contributed by atoms with Crippen LogP contribution in [0, 0.1) is 29.1 Å². The van der Waals surface area contributed by atoms with Gasteiger partial charge in [0.25, 0.3) is 0 Å². The predicted molar refractivity (Wildman–Crippen MR) is 107 cm³/mol. The van der Waals surface area contributed by atoms with Gasteiger partial charge in [0.1, 0.15) is 11.9 Å². The molecule has 4 rings (SSSR count). The summed E-state index contributed by atoms with van der Waals surface area (Å²) in [6.07, 6.45) is 8.12. The minimum Gasteiger partial charge on any atom is -0.381 e. The quantitative estimate of drug-likeness (QED) is 0.804. The molecule has 0 radical (unpaired) electrons. The number of rotatable bonds is 3. The SMILES string of the molecule is N#Cc1ccc(N2CCC(C3CCN(C(=O)C4CCOCC4)CC3)CC2)nc1. The maximum absolute atomic E-state index is 12.7. The molecule has 1 aromatic heterocycles. The molecule has 0 spiro atoms. The molecule has 150 valence electrons. The summed E-state index contributed by atoms with van der Waals surface area (Å²) in [6.45, 7) is 5.39. The number of pyridine rings is 1. The largest absolute Gasteiger partial charge is 0.381 e. The lowest BCUT2D eigenvalue weighted by Gasteiger charge is -2.41. The van der Waals surface area contributed by atoms with Crippen LogP contribution in [0.25, 0.3) is 0 Å². The second-order valence-electron chi connectivity index (χ2n) is 8.39. The number of piperidine rings is 2. The molecule has 3 aliphatic heterocycles. The van der Waals surface area contributed by atoms with Crippen LogP contribution in [0.1, 0.15) is 44.1 Å². The maximum Gasteiger partial charge on any atom is 0.225 e. The normalized spacial score (nSPS) is 22.8. The minimum atomic E-state index is 0.188. The number of nitriles is 1. The average Bonchev–Trinajstić information content (AvgIpc) is 2.79. The Balaban J connectivity index is 1.23. The number of likely N-dealkylation sites (tertiary alicyclic amines) is 1. The lowest BCUT2D eigenvalue weighted by Crippen LogP contribution is -2.45. The number of ether oxygens (including phenoxy) is 1. The first kappa shape index (κ1) is 19.2. The van der Waals surface area contributed by atoms with E-state index in [9.17, 15) is 4.79 Å². The van der Waals surface area contributed by atoms with Crippen molar-refractivity contribution in [1.29, 1.82) is 5.26 Å². The summed E-state index contributed by atoms with van der Waals surface area (Å²) < 4.78 is 5.39. The zero-order valence-electron chi connectivity index (χ0n) is 16.6. The Kier molecular flexibility index (Phi) is 6.11. The fourth-order valence-electron chi connectivity index (χ4n) is 5.03. The van der Waals surface area contributed by atoms with Gasteiger partial charge >= 0.3 is 0 Å². The number of hydrogen-bond donors (Lipinski definition) is 0. The molecule has 1 aromatic rings. The third-order valence-corrected chi connectivity index (χ3v) is 6.83. The van der Waals surface area contributed by atoms with Gasteiger partial charge in [-0.05, 0) is 62.5 Å². The highest BCUT2D eigenvalue weighted by molar-refractivity contribution is 5.79. The van der Waals surface area contributed by atoms with Crippen LogP contribution in [0.3, 0.4) is 0 Å². The summed E-state index contributed by atoms with van der Waals surface area (Å²) in [6, 6.07) is 5.93. The van der Waals surface area contributed by atoms with E-state index < -0.39 is 0 Å².